The van der Waals surface area contributed by atoms with Gasteiger partial charge < -0.3 is 14.2 Å². The minimum absolute atomic E-state index is 0.0479. The van der Waals surface area contributed by atoms with Gasteiger partial charge in [0.2, 0.25) is 5.88 Å². The van der Waals surface area contributed by atoms with Crippen LogP contribution in [0.4, 0.5) is 0 Å². The third-order valence-electron chi connectivity index (χ3n) is 5.65. The maximum atomic E-state index is 11.7. The summed E-state index contributed by atoms with van der Waals surface area (Å²) < 4.78 is 19.4. The summed E-state index contributed by atoms with van der Waals surface area (Å²) in [4.78, 5) is 16.5. The summed E-state index contributed by atoms with van der Waals surface area (Å²) in [6, 6.07) is 7.72. The van der Waals surface area contributed by atoms with Crippen LogP contribution in [0.3, 0.4) is 0 Å². The van der Waals surface area contributed by atoms with Crippen LogP contribution < -0.4 is 14.2 Å². The fraction of sp³-hybridized carbons (Fsp3) is 0.458. The molecule has 1 aliphatic carbocycles. The van der Waals surface area contributed by atoms with E-state index in [-0.39, 0.29) is 18.1 Å². The van der Waals surface area contributed by atoms with E-state index in [2.05, 4.69) is 5.10 Å². The van der Waals surface area contributed by atoms with Gasteiger partial charge in [-0.05, 0) is 51.5 Å². The Morgan fingerprint density at radius 3 is 2.61 bits per heavy atom. The van der Waals surface area contributed by atoms with Gasteiger partial charge in [0, 0.05) is 37.6 Å². The van der Waals surface area contributed by atoms with Gasteiger partial charge in [-0.2, -0.15) is 5.10 Å². The highest BCUT2D eigenvalue weighted by Crippen LogP contribution is 2.36. The highest BCUT2D eigenvalue weighted by atomic mass is 16.5. The number of ether oxygens (including phenoxy) is 3. The molecule has 0 spiro atoms. The Bertz CT molecular complexity index is 1110. The molecule has 1 saturated carbocycles. The Hall–Kier alpha value is -3.09. The van der Waals surface area contributed by atoms with Crippen molar-refractivity contribution in [1.29, 1.82) is 0 Å². The number of carbonyl (C=O) groups excluding carboxylic acids is 1. The number of methoxy groups -OCH3 is 1. The molecule has 0 radical (unpaired) electrons. The summed E-state index contributed by atoms with van der Waals surface area (Å²) in [5, 5.41) is 5.42. The normalized spacial score (nSPS) is 17.4. The minimum Gasteiger partial charge on any atom is -0.493 e. The molecule has 1 aromatic carbocycles. The molecule has 0 unspecified atom stereocenters. The number of benzene rings is 1. The Kier molecular flexibility index (Phi) is 5.85. The highest BCUT2D eigenvalue weighted by Gasteiger charge is 2.29. The van der Waals surface area contributed by atoms with Gasteiger partial charge in [0.25, 0.3) is 0 Å². The van der Waals surface area contributed by atoms with E-state index in [0.29, 0.717) is 36.0 Å². The molecule has 0 bridgehead atoms. The summed E-state index contributed by atoms with van der Waals surface area (Å²) in [6.07, 6.45) is 3.93. The number of Topliss-reactive ketones (excluding diaryl/α,β-unsaturated/α-hetero) is 1. The van der Waals surface area contributed by atoms with Crippen LogP contribution in [0.5, 0.6) is 17.4 Å². The molecule has 31 heavy (non-hydrogen) atoms. The molecule has 2 aromatic heterocycles. The Labute approximate surface area is 182 Å². The Balaban J connectivity index is 1.71. The van der Waals surface area contributed by atoms with Crippen molar-refractivity contribution in [3.63, 3.8) is 0 Å². The van der Waals surface area contributed by atoms with Crippen molar-refractivity contribution in [2.24, 2.45) is 13.0 Å². The summed E-state index contributed by atoms with van der Waals surface area (Å²) in [5.74, 6) is 2.40. The van der Waals surface area contributed by atoms with E-state index >= 15 is 0 Å². The number of carbonyl (C=O) groups is 1. The van der Waals surface area contributed by atoms with Crippen LogP contribution in [-0.2, 0) is 11.8 Å². The van der Waals surface area contributed by atoms with Gasteiger partial charge in [0.05, 0.1) is 29.8 Å². The SMILES string of the molecule is COc1cc(-c2cc3nn(C)cc3c(O[C@H](C)[C@H]3CCC(=O)C3)n2)ccc1OC(C)C. The maximum absolute atomic E-state index is 11.7. The van der Waals surface area contributed by atoms with Crippen LogP contribution in [0.2, 0.25) is 0 Å². The third-order valence-corrected chi connectivity index (χ3v) is 5.65. The lowest BCUT2D eigenvalue weighted by atomic mass is 10.0. The molecule has 0 aliphatic heterocycles. The van der Waals surface area contributed by atoms with Gasteiger partial charge in [-0.3, -0.25) is 9.48 Å². The number of fused-ring (bicyclic) bond motifs is 1. The van der Waals surface area contributed by atoms with Gasteiger partial charge in [0.15, 0.2) is 11.5 Å². The second-order valence-corrected chi connectivity index (χ2v) is 8.44. The van der Waals surface area contributed by atoms with Crippen LogP contribution in [-0.4, -0.2) is 39.9 Å². The zero-order chi connectivity index (χ0) is 22.1. The van der Waals surface area contributed by atoms with E-state index in [0.717, 1.165) is 28.6 Å². The van der Waals surface area contributed by atoms with Gasteiger partial charge in [-0.25, -0.2) is 4.98 Å². The molecule has 164 valence electrons. The largest absolute Gasteiger partial charge is 0.493 e. The van der Waals surface area contributed by atoms with Crippen LogP contribution >= 0.6 is 0 Å². The minimum atomic E-state index is -0.103. The second-order valence-electron chi connectivity index (χ2n) is 8.44. The zero-order valence-corrected chi connectivity index (χ0v) is 18.7. The Morgan fingerprint density at radius 1 is 1.13 bits per heavy atom. The van der Waals surface area contributed by atoms with Crippen molar-refractivity contribution >= 4 is 16.7 Å². The quantitative estimate of drug-likeness (QED) is 0.554. The predicted octanol–water partition coefficient (Wildman–Crippen LogP) is 4.57. The lowest BCUT2D eigenvalue weighted by Crippen LogP contribution is -2.22. The van der Waals surface area contributed by atoms with Crippen molar-refractivity contribution in [3.05, 3.63) is 30.5 Å². The molecule has 0 amide bonds. The van der Waals surface area contributed by atoms with Crippen LogP contribution in [0.1, 0.15) is 40.0 Å². The fourth-order valence-electron chi connectivity index (χ4n) is 4.04. The van der Waals surface area contributed by atoms with E-state index in [4.69, 9.17) is 19.2 Å². The molecule has 7 heteroatoms. The summed E-state index contributed by atoms with van der Waals surface area (Å²) in [5.41, 5.74) is 2.43. The molecular weight excluding hydrogens is 394 g/mol. The molecular formula is C24H29N3O4. The number of rotatable bonds is 7. The molecule has 1 fully saturated rings. The number of hydrogen-bond donors (Lipinski definition) is 0. The third kappa shape index (κ3) is 4.50. The zero-order valence-electron chi connectivity index (χ0n) is 18.7. The average Bonchev–Trinajstić information content (AvgIpc) is 3.32. The fourth-order valence-corrected chi connectivity index (χ4v) is 4.04. The van der Waals surface area contributed by atoms with Gasteiger partial charge in [0.1, 0.15) is 11.9 Å². The smallest absolute Gasteiger partial charge is 0.225 e. The van der Waals surface area contributed by atoms with Gasteiger partial charge >= 0.3 is 0 Å². The summed E-state index contributed by atoms with van der Waals surface area (Å²) >= 11 is 0. The van der Waals surface area contributed by atoms with Gasteiger partial charge in [-0.1, -0.05) is 0 Å². The van der Waals surface area contributed by atoms with Crippen molar-refractivity contribution in [3.8, 4) is 28.6 Å². The number of hydrogen-bond acceptors (Lipinski definition) is 6. The average molecular weight is 424 g/mol. The summed E-state index contributed by atoms with van der Waals surface area (Å²) in [7, 11) is 3.50. The second kappa shape index (κ2) is 8.57. The van der Waals surface area contributed by atoms with E-state index in [1.54, 1.807) is 11.8 Å². The number of pyridine rings is 1. The number of ketones is 1. The van der Waals surface area contributed by atoms with Crippen molar-refractivity contribution in [2.75, 3.05) is 7.11 Å². The first-order valence-corrected chi connectivity index (χ1v) is 10.7. The Morgan fingerprint density at radius 2 is 1.94 bits per heavy atom. The van der Waals surface area contributed by atoms with Crippen molar-refractivity contribution in [1.82, 2.24) is 14.8 Å². The highest BCUT2D eigenvalue weighted by molar-refractivity contribution is 5.87. The van der Waals surface area contributed by atoms with Crippen LogP contribution in [0.15, 0.2) is 30.5 Å². The predicted molar refractivity (Wildman–Crippen MR) is 119 cm³/mol. The van der Waals surface area contributed by atoms with Crippen molar-refractivity contribution in [2.45, 2.75) is 52.2 Å². The molecule has 3 aromatic rings. The summed E-state index contributed by atoms with van der Waals surface area (Å²) in [6.45, 7) is 5.97. The van der Waals surface area contributed by atoms with E-state index in [9.17, 15) is 4.79 Å². The molecule has 0 N–H and O–H groups in total. The molecule has 1 aliphatic rings. The first-order chi connectivity index (χ1) is 14.8. The monoisotopic (exact) mass is 423 g/mol. The van der Waals surface area contributed by atoms with Gasteiger partial charge in [-0.15, -0.1) is 0 Å². The van der Waals surface area contributed by atoms with E-state index in [1.807, 2.05) is 58.3 Å². The molecule has 2 heterocycles. The molecule has 2 atom stereocenters. The van der Waals surface area contributed by atoms with E-state index < -0.39 is 0 Å². The molecule has 4 rings (SSSR count). The topological polar surface area (TPSA) is 75.5 Å². The number of nitrogens with zero attached hydrogens (tertiary/aromatic N) is 3. The van der Waals surface area contributed by atoms with Crippen molar-refractivity contribution < 1.29 is 19.0 Å². The lowest BCUT2D eigenvalue weighted by Gasteiger charge is -2.20. The number of aryl methyl sites for hydroxylation is 1. The number of aromatic nitrogens is 3. The first-order valence-electron chi connectivity index (χ1n) is 10.7. The van der Waals surface area contributed by atoms with Crippen LogP contribution in [0, 0.1) is 5.92 Å². The standard InChI is InChI=1S/C24H29N3O4/c1-14(2)30-22-9-7-17(11-23(22)29-5)20-12-21-19(13-27(4)26-21)24(25-20)31-15(3)16-6-8-18(28)10-16/h7,9,11-16H,6,8,10H2,1-5H3/t15-,16+/m1/s1. The van der Waals surface area contributed by atoms with Crippen LogP contribution in [0.25, 0.3) is 22.2 Å². The molecule has 7 nitrogen and oxygen atoms in total. The molecule has 0 saturated heterocycles. The maximum Gasteiger partial charge on any atom is 0.225 e. The first kappa shape index (κ1) is 21.2. The lowest BCUT2D eigenvalue weighted by molar-refractivity contribution is -0.117. The van der Waals surface area contributed by atoms with E-state index in [1.165, 1.54) is 0 Å².